The van der Waals surface area contributed by atoms with Crippen molar-refractivity contribution in [2.24, 2.45) is 5.92 Å². The highest BCUT2D eigenvalue weighted by Gasteiger charge is 2.29. The molecule has 1 aliphatic rings. The van der Waals surface area contributed by atoms with Gasteiger partial charge in [0.05, 0.1) is 7.11 Å². The van der Waals surface area contributed by atoms with E-state index in [0.717, 1.165) is 23.1 Å². The number of benzene rings is 3. The molecule has 114 valence electrons. The monoisotopic (exact) mass is 302 g/mol. The third kappa shape index (κ3) is 2.14. The van der Waals surface area contributed by atoms with E-state index in [1.54, 1.807) is 7.11 Å². The molecule has 1 aliphatic carbocycles. The fourth-order valence-corrected chi connectivity index (χ4v) is 3.58. The van der Waals surface area contributed by atoms with E-state index in [2.05, 4.69) is 36.4 Å². The Morgan fingerprint density at radius 3 is 2.52 bits per heavy atom. The van der Waals surface area contributed by atoms with Crippen molar-refractivity contribution in [3.05, 3.63) is 65.7 Å². The lowest BCUT2D eigenvalue weighted by Gasteiger charge is -2.12. The van der Waals surface area contributed by atoms with Crippen molar-refractivity contribution in [1.82, 2.24) is 0 Å². The lowest BCUT2D eigenvalue weighted by Crippen LogP contribution is -2.02. The summed E-state index contributed by atoms with van der Waals surface area (Å²) in [5.41, 5.74) is 4.44. The van der Waals surface area contributed by atoms with Crippen molar-refractivity contribution in [2.45, 2.75) is 13.3 Å². The first-order chi connectivity index (χ1) is 11.2. The molecule has 4 rings (SSSR count). The fourth-order valence-electron chi connectivity index (χ4n) is 3.58. The van der Waals surface area contributed by atoms with Gasteiger partial charge in [0.2, 0.25) is 0 Å². The Morgan fingerprint density at radius 1 is 0.957 bits per heavy atom. The average Bonchev–Trinajstić information content (AvgIpc) is 2.88. The smallest absolute Gasteiger partial charge is 0.166 e. The van der Waals surface area contributed by atoms with E-state index < -0.39 is 0 Å². The molecule has 0 saturated heterocycles. The van der Waals surface area contributed by atoms with Crippen LogP contribution >= 0.6 is 0 Å². The summed E-state index contributed by atoms with van der Waals surface area (Å²) in [6.07, 6.45) is 0.830. The number of hydrogen-bond acceptors (Lipinski definition) is 2. The van der Waals surface area contributed by atoms with Gasteiger partial charge in [0.1, 0.15) is 5.75 Å². The summed E-state index contributed by atoms with van der Waals surface area (Å²) in [5, 5.41) is 2.34. The number of carbonyl (C=O) groups is 1. The van der Waals surface area contributed by atoms with Gasteiger partial charge in [0.15, 0.2) is 5.78 Å². The molecule has 2 nitrogen and oxygen atoms in total. The van der Waals surface area contributed by atoms with Gasteiger partial charge in [-0.15, -0.1) is 0 Å². The first-order valence-corrected chi connectivity index (χ1v) is 7.92. The molecule has 0 N–H and O–H groups in total. The zero-order valence-corrected chi connectivity index (χ0v) is 13.3. The summed E-state index contributed by atoms with van der Waals surface area (Å²) in [5.74, 6) is 1.21. The lowest BCUT2D eigenvalue weighted by atomic mass is 9.92. The highest BCUT2D eigenvalue weighted by atomic mass is 16.5. The van der Waals surface area contributed by atoms with Crippen LogP contribution in [0, 0.1) is 5.92 Å². The Morgan fingerprint density at radius 2 is 1.70 bits per heavy atom. The van der Waals surface area contributed by atoms with Crippen molar-refractivity contribution in [3.63, 3.8) is 0 Å². The topological polar surface area (TPSA) is 26.3 Å². The maximum Gasteiger partial charge on any atom is 0.166 e. The van der Waals surface area contributed by atoms with Crippen LogP contribution in [0.2, 0.25) is 0 Å². The Labute approximate surface area is 135 Å². The van der Waals surface area contributed by atoms with Gasteiger partial charge >= 0.3 is 0 Å². The third-order valence-electron chi connectivity index (χ3n) is 4.78. The Hall–Kier alpha value is -2.61. The van der Waals surface area contributed by atoms with Crippen molar-refractivity contribution in [3.8, 4) is 16.9 Å². The van der Waals surface area contributed by atoms with E-state index in [1.165, 1.54) is 22.1 Å². The van der Waals surface area contributed by atoms with Crippen molar-refractivity contribution >= 4 is 16.6 Å². The molecule has 3 aromatic rings. The number of carbonyl (C=O) groups excluding carboxylic acids is 1. The Kier molecular flexibility index (Phi) is 3.19. The van der Waals surface area contributed by atoms with Crippen molar-refractivity contribution < 1.29 is 9.53 Å². The van der Waals surface area contributed by atoms with Gasteiger partial charge in [0.25, 0.3) is 0 Å². The standard InChI is InChI=1S/C21H18O2/c1-13-11-20-18(7-4-8-19(20)21(13)22)17-6-3-5-14-12-15(23-2)9-10-16(14)17/h3-10,12-13H,11H2,1-2H3. The van der Waals surface area contributed by atoms with Crippen LogP contribution in [-0.4, -0.2) is 12.9 Å². The van der Waals surface area contributed by atoms with Gasteiger partial charge in [-0.05, 0) is 46.0 Å². The largest absolute Gasteiger partial charge is 0.497 e. The highest BCUT2D eigenvalue weighted by Crippen LogP contribution is 2.38. The van der Waals surface area contributed by atoms with Gasteiger partial charge in [-0.25, -0.2) is 0 Å². The van der Waals surface area contributed by atoms with Gasteiger partial charge in [-0.2, -0.15) is 0 Å². The molecular weight excluding hydrogens is 284 g/mol. The van der Waals surface area contributed by atoms with Crippen LogP contribution in [-0.2, 0) is 6.42 Å². The highest BCUT2D eigenvalue weighted by molar-refractivity contribution is 6.06. The van der Waals surface area contributed by atoms with E-state index in [0.29, 0.717) is 0 Å². The summed E-state index contributed by atoms with van der Waals surface area (Å²) >= 11 is 0. The number of methoxy groups -OCH3 is 1. The van der Waals surface area contributed by atoms with Crippen LogP contribution in [0.1, 0.15) is 22.8 Å². The van der Waals surface area contributed by atoms with E-state index >= 15 is 0 Å². The van der Waals surface area contributed by atoms with E-state index in [9.17, 15) is 4.79 Å². The van der Waals surface area contributed by atoms with Gasteiger partial charge < -0.3 is 4.74 Å². The molecule has 0 aliphatic heterocycles. The predicted octanol–water partition coefficient (Wildman–Crippen LogP) is 4.89. The van der Waals surface area contributed by atoms with Crippen LogP contribution in [0.15, 0.2) is 54.6 Å². The zero-order chi connectivity index (χ0) is 16.0. The molecule has 0 heterocycles. The number of hydrogen-bond donors (Lipinski definition) is 0. The SMILES string of the molecule is COc1ccc2c(-c3cccc4c3CC(C)C4=O)cccc2c1. The summed E-state index contributed by atoms with van der Waals surface area (Å²) in [6.45, 7) is 2.01. The normalized spacial score (nSPS) is 16.6. The molecule has 23 heavy (non-hydrogen) atoms. The third-order valence-corrected chi connectivity index (χ3v) is 4.78. The van der Waals surface area contributed by atoms with Crippen LogP contribution < -0.4 is 4.74 Å². The van der Waals surface area contributed by atoms with Crippen molar-refractivity contribution in [1.29, 1.82) is 0 Å². The second-order valence-corrected chi connectivity index (χ2v) is 6.19. The molecule has 0 fully saturated rings. The molecule has 1 atom stereocenters. The molecular formula is C21H18O2. The van der Waals surface area contributed by atoms with E-state index in [-0.39, 0.29) is 11.7 Å². The number of ketones is 1. The maximum absolute atomic E-state index is 12.3. The fraction of sp³-hybridized carbons (Fsp3) is 0.190. The minimum atomic E-state index is 0.0845. The second kappa shape index (κ2) is 5.24. The Balaban J connectivity index is 1.97. The van der Waals surface area contributed by atoms with Gasteiger partial charge in [-0.3, -0.25) is 4.79 Å². The van der Waals surface area contributed by atoms with Crippen LogP contribution in [0.25, 0.3) is 21.9 Å². The number of ether oxygens (including phenoxy) is 1. The first kappa shape index (κ1) is 14.0. The van der Waals surface area contributed by atoms with Crippen LogP contribution in [0.3, 0.4) is 0 Å². The van der Waals surface area contributed by atoms with Crippen molar-refractivity contribution in [2.75, 3.05) is 7.11 Å². The molecule has 1 unspecified atom stereocenters. The van der Waals surface area contributed by atoms with E-state index in [4.69, 9.17) is 4.74 Å². The van der Waals surface area contributed by atoms with Gasteiger partial charge in [-0.1, -0.05) is 49.4 Å². The molecule has 0 amide bonds. The second-order valence-electron chi connectivity index (χ2n) is 6.19. The quantitative estimate of drug-likeness (QED) is 0.673. The van der Waals surface area contributed by atoms with Crippen LogP contribution in [0.4, 0.5) is 0 Å². The number of rotatable bonds is 2. The molecule has 0 bridgehead atoms. The summed E-state index contributed by atoms with van der Waals surface area (Å²) in [7, 11) is 1.68. The summed E-state index contributed by atoms with van der Waals surface area (Å²) < 4.78 is 5.33. The number of fused-ring (bicyclic) bond motifs is 2. The minimum Gasteiger partial charge on any atom is -0.497 e. The molecule has 0 radical (unpaired) electrons. The minimum absolute atomic E-state index is 0.0845. The molecule has 0 aromatic heterocycles. The average molecular weight is 302 g/mol. The Bertz CT molecular complexity index is 924. The maximum atomic E-state index is 12.3. The zero-order valence-electron chi connectivity index (χ0n) is 13.3. The summed E-state index contributed by atoms with van der Waals surface area (Å²) in [6, 6.07) is 18.5. The van der Waals surface area contributed by atoms with Crippen LogP contribution in [0.5, 0.6) is 5.75 Å². The molecule has 2 heteroatoms. The lowest BCUT2D eigenvalue weighted by molar-refractivity contribution is 0.0946. The van der Waals surface area contributed by atoms with E-state index in [1.807, 2.05) is 25.1 Å². The molecule has 0 saturated carbocycles. The predicted molar refractivity (Wildman–Crippen MR) is 93.1 cm³/mol. The first-order valence-electron chi connectivity index (χ1n) is 7.92. The molecule has 0 spiro atoms. The van der Waals surface area contributed by atoms with Gasteiger partial charge in [0, 0.05) is 11.5 Å². The molecule has 3 aromatic carbocycles. The summed E-state index contributed by atoms with van der Waals surface area (Å²) in [4.78, 5) is 12.3. The number of Topliss-reactive ketones (excluding diaryl/α,β-unsaturated/α-hetero) is 1.